The molecule has 49 heavy (non-hydrogen) atoms. The van der Waals surface area contributed by atoms with Crippen LogP contribution in [0.5, 0.6) is 0 Å². The summed E-state index contributed by atoms with van der Waals surface area (Å²) in [6, 6.07) is 6.43. The number of nitrogens with zero attached hydrogens (tertiary/aromatic N) is 2. The van der Waals surface area contributed by atoms with Crippen molar-refractivity contribution >= 4 is 35.5 Å². The number of hydrogen-bond donors (Lipinski definition) is 3. The quantitative estimate of drug-likeness (QED) is 0.200. The first-order chi connectivity index (χ1) is 22.7. The molecule has 0 spiro atoms. The molecule has 0 aromatic heterocycles. The second kappa shape index (κ2) is 15.6. The second-order valence-corrected chi connectivity index (χ2v) is 15.9. The minimum absolute atomic E-state index is 0.00436. The van der Waals surface area contributed by atoms with Crippen LogP contribution in [0.4, 0.5) is 4.79 Å². The molecule has 1 unspecified atom stereocenters. The summed E-state index contributed by atoms with van der Waals surface area (Å²) < 4.78 is 5.42. The van der Waals surface area contributed by atoms with Crippen molar-refractivity contribution in [3.8, 4) is 0 Å². The molecule has 0 radical (unpaired) electrons. The van der Waals surface area contributed by atoms with E-state index in [1.54, 1.807) is 38.8 Å². The number of nitrogens with one attached hydrogen (secondary N) is 3. The molecule has 12 heteroatoms. The lowest BCUT2D eigenvalue weighted by Crippen LogP contribution is -2.60. The summed E-state index contributed by atoms with van der Waals surface area (Å²) in [4.78, 5) is 82.9. The van der Waals surface area contributed by atoms with Gasteiger partial charge in [-0.25, -0.2) is 4.79 Å². The Bertz CT molecular complexity index is 1410. The topological polar surface area (TPSA) is 154 Å². The van der Waals surface area contributed by atoms with Crippen molar-refractivity contribution in [1.29, 1.82) is 0 Å². The fourth-order valence-electron chi connectivity index (χ4n) is 6.53. The Kier molecular flexibility index (Phi) is 12.4. The third-order valence-corrected chi connectivity index (χ3v) is 9.36. The maximum atomic E-state index is 14.1. The van der Waals surface area contributed by atoms with Crippen molar-refractivity contribution in [2.45, 2.75) is 105 Å². The van der Waals surface area contributed by atoms with Crippen LogP contribution in [-0.2, 0) is 35.3 Å². The normalized spacial score (nSPS) is 20.6. The Morgan fingerprint density at radius 3 is 2.24 bits per heavy atom. The van der Waals surface area contributed by atoms with Crippen molar-refractivity contribution in [3.63, 3.8) is 0 Å². The molecule has 3 N–H and O–H groups in total. The van der Waals surface area contributed by atoms with Crippen molar-refractivity contribution in [1.82, 2.24) is 25.8 Å². The molecular weight excluding hydrogens is 626 g/mol. The molecule has 1 aliphatic heterocycles. The van der Waals surface area contributed by atoms with Gasteiger partial charge in [0, 0.05) is 33.1 Å². The second-order valence-electron chi connectivity index (χ2n) is 15.9. The molecule has 1 aromatic carbocycles. The molecule has 1 heterocycles. The molecule has 1 saturated carbocycles. The fraction of sp³-hybridized carbons (Fsp3) is 0.622. The van der Waals surface area contributed by atoms with E-state index in [2.05, 4.69) is 22.5 Å². The first-order valence-corrected chi connectivity index (χ1v) is 17.0. The summed E-state index contributed by atoms with van der Waals surface area (Å²) in [5.74, 6) is -3.03. The number of Topliss-reactive ketones (excluding diaryl/α,β-unsaturated/α-hetero) is 1. The summed E-state index contributed by atoms with van der Waals surface area (Å²) in [5, 5.41) is 8.01. The monoisotopic (exact) mass is 681 g/mol. The average molecular weight is 682 g/mol. The molecule has 270 valence electrons. The van der Waals surface area contributed by atoms with Gasteiger partial charge in [-0.05, 0) is 61.8 Å². The third kappa shape index (κ3) is 10.1. The highest BCUT2D eigenvalue weighted by Crippen LogP contribution is 2.65. The number of amides is 5. The van der Waals surface area contributed by atoms with E-state index in [9.17, 15) is 28.8 Å². The standard InChI is InChI=1S/C37H55N5O7/c1-11-12-18-25(29(44)32(46)38-20-19-26(43)41(10)21-23-16-14-13-15-17-23)39-31(45)28-27-24(37(27,8)9)22-42(28)33(47)30(35(2,3)4)40-34(48)49-36(5,6)7/h11,13-17,24-25,27-28,30H,1,12,18-22H2,2-10H3,(H,38,46)(H,39,45)(H,40,48)/t24-,25?,27-,28-,30+/m0/s1. The van der Waals surface area contributed by atoms with Gasteiger partial charge in [-0.3, -0.25) is 24.0 Å². The molecule has 2 fully saturated rings. The summed E-state index contributed by atoms with van der Waals surface area (Å²) in [6.07, 6.45) is 1.33. The predicted molar refractivity (Wildman–Crippen MR) is 186 cm³/mol. The predicted octanol–water partition coefficient (Wildman–Crippen LogP) is 3.59. The number of ketones is 1. The van der Waals surface area contributed by atoms with Crippen LogP contribution in [-0.4, -0.2) is 89.2 Å². The molecule has 1 aliphatic carbocycles. The van der Waals surface area contributed by atoms with E-state index in [0.717, 1.165) is 5.56 Å². The van der Waals surface area contributed by atoms with Crippen molar-refractivity contribution in [3.05, 3.63) is 48.6 Å². The largest absolute Gasteiger partial charge is 0.444 e. The lowest BCUT2D eigenvalue weighted by Gasteiger charge is -2.38. The van der Waals surface area contributed by atoms with Gasteiger partial charge in [0.25, 0.3) is 5.91 Å². The van der Waals surface area contributed by atoms with Crippen LogP contribution in [0.3, 0.4) is 0 Å². The zero-order valence-corrected chi connectivity index (χ0v) is 30.6. The summed E-state index contributed by atoms with van der Waals surface area (Å²) in [7, 11) is 1.67. The summed E-state index contributed by atoms with van der Waals surface area (Å²) >= 11 is 0. The van der Waals surface area contributed by atoms with Gasteiger partial charge in [0.15, 0.2) is 0 Å². The number of ether oxygens (including phenoxy) is 1. The first-order valence-electron chi connectivity index (χ1n) is 17.0. The number of hydrogen-bond acceptors (Lipinski definition) is 7. The minimum atomic E-state index is -1.17. The summed E-state index contributed by atoms with van der Waals surface area (Å²) in [6.45, 7) is 19.1. The van der Waals surface area contributed by atoms with Crippen molar-refractivity contribution in [2.24, 2.45) is 22.7 Å². The number of likely N-dealkylation sites (tertiary alicyclic amines) is 1. The first kappa shape index (κ1) is 39.2. The van der Waals surface area contributed by atoms with Crippen LogP contribution >= 0.6 is 0 Å². The van der Waals surface area contributed by atoms with Gasteiger partial charge in [-0.2, -0.15) is 0 Å². The van der Waals surface area contributed by atoms with E-state index in [0.29, 0.717) is 19.5 Å². The number of allylic oxidation sites excluding steroid dienone is 1. The summed E-state index contributed by atoms with van der Waals surface area (Å²) in [5.41, 5.74) is -0.734. The highest BCUT2D eigenvalue weighted by molar-refractivity contribution is 6.38. The zero-order valence-electron chi connectivity index (χ0n) is 30.6. The average Bonchev–Trinajstić information content (AvgIpc) is 3.31. The van der Waals surface area contributed by atoms with Crippen LogP contribution in [0.15, 0.2) is 43.0 Å². The molecule has 1 aromatic rings. The van der Waals surface area contributed by atoms with Crippen LogP contribution < -0.4 is 16.0 Å². The van der Waals surface area contributed by atoms with Crippen LogP contribution in [0.1, 0.15) is 80.2 Å². The van der Waals surface area contributed by atoms with E-state index < -0.39 is 58.7 Å². The number of piperidine rings is 1. The van der Waals surface area contributed by atoms with E-state index in [-0.39, 0.29) is 42.5 Å². The Hall–Kier alpha value is -4.22. The highest BCUT2D eigenvalue weighted by atomic mass is 16.6. The molecule has 2 aliphatic rings. The molecule has 0 bridgehead atoms. The van der Waals surface area contributed by atoms with E-state index >= 15 is 0 Å². The van der Waals surface area contributed by atoms with Crippen molar-refractivity contribution < 1.29 is 33.5 Å². The zero-order chi connectivity index (χ0) is 36.9. The van der Waals surface area contributed by atoms with Gasteiger partial charge < -0.3 is 30.5 Å². The van der Waals surface area contributed by atoms with Crippen LogP contribution in [0, 0.1) is 22.7 Å². The Balaban J connectivity index is 1.70. The number of carbonyl (C=O) groups excluding carboxylic acids is 6. The maximum Gasteiger partial charge on any atom is 0.408 e. The van der Waals surface area contributed by atoms with E-state index in [1.165, 1.54) is 4.90 Å². The number of carbonyl (C=O) groups is 6. The van der Waals surface area contributed by atoms with Gasteiger partial charge in [0.05, 0.1) is 6.04 Å². The van der Waals surface area contributed by atoms with E-state index in [4.69, 9.17) is 4.74 Å². The molecule has 12 nitrogen and oxygen atoms in total. The van der Waals surface area contributed by atoms with Crippen LogP contribution in [0.2, 0.25) is 0 Å². The molecule has 3 rings (SSSR count). The van der Waals surface area contributed by atoms with Gasteiger partial charge in [0.2, 0.25) is 23.5 Å². The smallest absolute Gasteiger partial charge is 0.408 e. The van der Waals surface area contributed by atoms with Crippen LogP contribution in [0.25, 0.3) is 0 Å². The molecule has 1 saturated heterocycles. The molecule has 5 amide bonds. The van der Waals surface area contributed by atoms with Gasteiger partial charge in [-0.15, -0.1) is 6.58 Å². The number of benzene rings is 1. The van der Waals surface area contributed by atoms with Gasteiger partial charge >= 0.3 is 6.09 Å². The number of rotatable bonds is 14. The highest BCUT2D eigenvalue weighted by Gasteiger charge is 2.70. The van der Waals surface area contributed by atoms with Gasteiger partial charge in [0.1, 0.15) is 17.7 Å². The Morgan fingerprint density at radius 2 is 1.67 bits per heavy atom. The Labute approximate surface area is 290 Å². The van der Waals surface area contributed by atoms with Gasteiger partial charge in [-0.1, -0.05) is 71.0 Å². The lowest BCUT2D eigenvalue weighted by atomic mass is 9.85. The molecular formula is C37H55N5O7. The lowest BCUT2D eigenvalue weighted by molar-refractivity contribution is -0.145. The Morgan fingerprint density at radius 1 is 1.04 bits per heavy atom. The molecule has 5 atom stereocenters. The number of alkyl carbamates (subject to hydrolysis) is 1. The fourth-order valence-corrected chi connectivity index (χ4v) is 6.53. The van der Waals surface area contributed by atoms with Crippen molar-refractivity contribution in [2.75, 3.05) is 20.1 Å². The number of fused-ring (bicyclic) bond motifs is 1. The third-order valence-electron chi connectivity index (χ3n) is 9.36. The SMILES string of the molecule is C=CCCC(NC(=O)[C@@H]1[C@@H]2[C@H](CN1C(=O)[C@@H](NC(=O)OC(C)(C)C)C(C)(C)C)C2(C)C)C(=O)C(=O)NCCC(=O)N(C)Cc1ccccc1. The van der Waals surface area contributed by atoms with E-state index in [1.807, 2.05) is 65.0 Å². The maximum absolute atomic E-state index is 14.1. The minimum Gasteiger partial charge on any atom is -0.444 e.